The molecule has 280 valence electrons. The number of carbonyl (C=O) groups excluding carboxylic acids is 5. The van der Waals surface area contributed by atoms with Gasteiger partial charge in [0.15, 0.2) is 0 Å². The summed E-state index contributed by atoms with van der Waals surface area (Å²) in [4.78, 5) is 61.5. The maximum Gasteiger partial charge on any atom is 0.302 e. The van der Waals surface area contributed by atoms with E-state index in [4.69, 9.17) is 18.9 Å². The molecule has 0 spiro atoms. The Bertz CT molecular complexity index is 1450. The molecule has 13 heteroatoms. The molecule has 0 aromatic heterocycles. The molecule has 1 unspecified atom stereocenters. The molecule has 51 heavy (non-hydrogen) atoms. The molecule has 4 amide bonds. The number of hydrogen-bond acceptors (Lipinski definition) is 9. The second-order valence-electron chi connectivity index (χ2n) is 12.4. The van der Waals surface area contributed by atoms with Gasteiger partial charge in [-0.05, 0) is 72.2 Å². The monoisotopic (exact) mass is 710 g/mol. The zero-order valence-corrected chi connectivity index (χ0v) is 30.2. The highest BCUT2D eigenvalue weighted by Gasteiger charge is 2.30. The van der Waals surface area contributed by atoms with Gasteiger partial charge in [0.2, 0.25) is 23.6 Å². The van der Waals surface area contributed by atoms with Crippen molar-refractivity contribution in [3.05, 3.63) is 47.5 Å². The van der Waals surface area contributed by atoms with E-state index in [0.29, 0.717) is 70.3 Å². The van der Waals surface area contributed by atoms with Gasteiger partial charge in [0.1, 0.15) is 6.61 Å². The second kappa shape index (κ2) is 23.2. The van der Waals surface area contributed by atoms with Gasteiger partial charge in [-0.2, -0.15) is 0 Å². The SMILES string of the molecule is CCCCOCCNC(=O)CCCC(=O)Nc1ccc2c(c1)C(COC(C)=O)c1cc(NC(=O)CCCC(=O)NCCOCCCOC)ccc1-2. The highest BCUT2D eigenvalue weighted by molar-refractivity contribution is 5.94. The first-order valence-electron chi connectivity index (χ1n) is 17.9. The Morgan fingerprint density at radius 3 is 1.59 bits per heavy atom. The van der Waals surface area contributed by atoms with Crippen LogP contribution in [0.25, 0.3) is 11.1 Å². The molecule has 3 rings (SSSR count). The third-order valence-electron chi connectivity index (χ3n) is 8.20. The normalized spacial score (nSPS) is 12.8. The van der Waals surface area contributed by atoms with Crippen molar-refractivity contribution in [3.8, 4) is 11.1 Å². The summed E-state index contributed by atoms with van der Waals surface area (Å²) < 4.78 is 21.3. The lowest BCUT2D eigenvalue weighted by Gasteiger charge is -2.15. The van der Waals surface area contributed by atoms with Crippen LogP contribution in [-0.2, 0) is 42.9 Å². The van der Waals surface area contributed by atoms with Gasteiger partial charge in [-0.1, -0.05) is 25.5 Å². The van der Waals surface area contributed by atoms with Crippen LogP contribution in [0.2, 0.25) is 0 Å². The maximum atomic E-state index is 12.7. The molecule has 4 N–H and O–H groups in total. The van der Waals surface area contributed by atoms with Crippen molar-refractivity contribution in [1.82, 2.24) is 10.6 Å². The van der Waals surface area contributed by atoms with Crippen LogP contribution >= 0.6 is 0 Å². The lowest BCUT2D eigenvalue weighted by atomic mass is 9.97. The largest absolute Gasteiger partial charge is 0.465 e. The Labute approximate surface area is 300 Å². The molecular formula is C38H54N4O9. The molecule has 0 aliphatic heterocycles. The third-order valence-corrected chi connectivity index (χ3v) is 8.20. The zero-order valence-electron chi connectivity index (χ0n) is 30.2. The Kier molecular flexibility index (Phi) is 18.7. The van der Waals surface area contributed by atoms with Gasteiger partial charge < -0.3 is 40.2 Å². The van der Waals surface area contributed by atoms with E-state index in [0.717, 1.165) is 41.5 Å². The van der Waals surface area contributed by atoms with Crippen LogP contribution in [0.15, 0.2) is 36.4 Å². The van der Waals surface area contributed by atoms with Crippen LogP contribution in [0, 0.1) is 0 Å². The fourth-order valence-corrected chi connectivity index (χ4v) is 5.62. The van der Waals surface area contributed by atoms with E-state index in [-0.39, 0.29) is 61.8 Å². The predicted octanol–water partition coefficient (Wildman–Crippen LogP) is 4.68. The Morgan fingerprint density at radius 1 is 0.627 bits per heavy atom. The van der Waals surface area contributed by atoms with Crippen molar-refractivity contribution in [1.29, 1.82) is 0 Å². The van der Waals surface area contributed by atoms with E-state index in [2.05, 4.69) is 28.2 Å². The first-order valence-corrected chi connectivity index (χ1v) is 17.9. The minimum absolute atomic E-state index is 0.0934. The zero-order chi connectivity index (χ0) is 36.8. The van der Waals surface area contributed by atoms with E-state index < -0.39 is 5.97 Å². The van der Waals surface area contributed by atoms with Crippen LogP contribution in [0.5, 0.6) is 0 Å². The highest BCUT2D eigenvalue weighted by Crippen LogP contribution is 2.47. The van der Waals surface area contributed by atoms with Gasteiger partial charge in [-0.15, -0.1) is 0 Å². The number of fused-ring (bicyclic) bond motifs is 3. The van der Waals surface area contributed by atoms with Crippen molar-refractivity contribution in [2.75, 3.05) is 70.5 Å². The molecule has 0 saturated carbocycles. The van der Waals surface area contributed by atoms with Gasteiger partial charge in [-0.3, -0.25) is 24.0 Å². The van der Waals surface area contributed by atoms with Crippen LogP contribution in [0.1, 0.15) is 88.7 Å². The third kappa shape index (κ3) is 15.2. The maximum absolute atomic E-state index is 12.7. The van der Waals surface area contributed by atoms with E-state index in [1.165, 1.54) is 6.92 Å². The summed E-state index contributed by atoms with van der Waals surface area (Å²) >= 11 is 0. The Hall–Kier alpha value is -4.33. The van der Waals surface area contributed by atoms with Crippen molar-refractivity contribution >= 4 is 41.0 Å². The average Bonchev–Trinajstić information content (AvgIpc) is 3.40. The predicted molar refractivity (Wildman–Crippen MR) is 194 cm³/mol. The van der Waals surface area contributed by atoms with Crippen LogP contribution in [0.3, 0.4) is 0 Å². The molecule has 2 aromatic carbocycles. The molecule has 1 atom stereocenters. The fraction of sp³-hybridized carbons (Fsp3) is 0.553. The molecule has 2 aromatic rings. The Balaban J connectivity index is 1.50. The lowest BCUT2D eigenvalue weighted by Crippen LogP contribution is -2.27. The lowest BCUT2D eigenvalue weighted by molar-refractivity contribution is -0.141. The van der Waals surface area contributed by atoms with Crippen molar-refractivity contribution in [3.63, 3.8) is 0 Å². The summed E-state index contributed by atoms with van der Waals surface area (Å²) in [5.41, 5.74) is 4.85. The number of rotatable bonds is 25. The van der Waals surface area contributed by atoms with E-state index in [1.54, 1.807) is 7.11 Å². The van der Waals surface area contributed by atoms with Gasteiger partial charge >= 0.3 is 5.97 Å². The molecule has 0 fully saturated rings. The average molecular weight is 711 g/mol. The molecule has 0 heterocycles. The second-order valence-corrected chi connectivity index (χ2v) is 12.4. The first kappa shape index (κ1) is 41.1. The topological polar surface area (TPSA) is 170 Å². The molecule has 1 aliphatic carbocycles. The van der Waals surface area contributed by atoms with Crippen LogP contribution < -0.4 is 21.3 Å². The number of amides is 4. The molecule has 1 aliphatic rings. The summed E-state index contributed by atoms with van der Waals surface area (Å²) in [6.07, 6.45) is 4.49. The van der Waals surface area contributed by atoms with Gasteiger partial charge in [0, 0.05) is 89.9 Å². The molecule has 0 saturated heterocycles. The van der Waals surface area contributed by atoms with Crippen molar-refractivity contribution < 1.29 is 42.9 Å². The number of methoxy groups -OCH3 is 1. The summed E-state index contributed by atoms with van der Waals surface area (Å²) in [6, 6.07) is 11.2. The van der Waals surface area contributed by atoms with Gasteiger partial charge in [0.25, 0.3) is 0 Å². The number of benzene rings is 2. The van der Waals surface area contributed by atoms with Gasteiger partial charge in [-0.25, -0.2) is 0 Å². The summed E-state index contributed by atoms with van der Waals surface area (Å²) in [7, 11) is 1.64. The van der Waals surface area contributed by atoms with E-state index >= 15 is 0 Å². The van der Waals surface area contributed by atoms with E-state index in [9.17, 15) is 24.0 Å². The number of unbranched alkanes of at least 4 members (excludes halogenated alkanes) is 1. The molecule has 0 bridgehead atoms. The molecule has 13 nitrogen and oxygen atoms in total. The number of esters is 1. The standard InChI is InChI=1S/C38H54N4O9/c1-4-5-20-49-22-17-39-35(44)9-6-11-37(46)41-28-13-15-30-31-16-14-29(25-33(31)34(32(30)24-28)26-51-27(2)43)42-38(47)12-7-10-36(45)40-18-23-50-21-8-19-48-3/h13-16,24-25,34H,4-12,17-23,26H2,1-3H3,(H,39,44)(H,40,45)(H,41,46)(H,42,47). The summed E-state index contributed by atoms with van der Waals surface area (Å²) in [5.74, 6) is -1.39. The van der Waals surface area contributed by atoms with Crippen LogP contribution in [-0.4, -0.2) is 89.4 Å². The van der Waals surface area contributed by atoms with Gasteiger partial charge in [0.05, 0.1) is 13.2 Å². The number of hydrogen-bond donors (Lipinski definition) is 4. The fourth-order valence-electron chi connectivity index (χ4n) is 5.62. The summed E-state index contributed by atoms with van der Waals surface area (Å²) in [5, 5.41) is 11.4. The quantitative estimate of drug-likeness (QED) is 0.0844. The minimum atomic E-state index is -0.411. The van der Waals surface area contributed by atoms with Crippen molar-refractivity contribution in [2.24, 2.45) is 0 Å². The van der Waals surface area contributed by atoms with E-state index in [1.807, 2.05) is 36.4 Å². The number of anilines is 2. The number of carbonyl (C=O) groups is 5. The summed E-state index contributed by atoms with van der Waals surface area (Å²) in [6.45, 7) is 7.17. The number of ether oxygens (including phenoxy) is 4. The minimum Gasteiger partial charge on any atom is -0.465 e. The molecule has 0 radical (unpaired) electrons. The highest BCUT2D eigenvalue weighted by atomic mass is 16.5. The Morgan fingerprint density at radius 2 is 1.12 bits per heavy atom. The van der Waals surface area contributed by atoms with Crippen molar-refractivity contribution in [2.45, 2.75) is 77.6 Å². The molecular weight excluding hydrogens is 656 g/mol. The van der Waals surface area contributed by atoms with Crippen LogP contribution in [0.4, 0.5) is 11.4 Å². The number of nitrogens with one attached hydrogen (secondary N) is 4. The smallest absolute Gasteiger partial charge is 0.302 e. The first-order chi connectivity index (χ1) is 24.7.